The molecule has 0 radical (unpaired) electrons. The number of ketones is 1. The summed E-state index contributed by atoms with van der Waals surface area (Å²) >= 11 is 0. The molecule has 0 aliphatic rings. The summed E-state index contributed by atoms with van der Waals surface area (Å²) in [5.74, 6) is 0.610. The van der Waals surface area contributed by atoms with Crippen molar-refractivity contribution in [3.63, 3.8) is 0 Å². The minimum Gasteiger partial charge on any atom is -0.468 e. The molecule has 0 spiro atoms. The Morgan fingerprint density at radius 1 is 1.31 bits per heavy atom. The van der Waals surface area contributed by atoms with Crippen LogP contribution in [0.4, 0.5) is 0 Å². The highest BCUT2D eigenvalue weighted by atomic mass is 16.7. The van der Waals surface area contributed by atoms with Crippen molar-refractivity contribution in [2.45, 2.75) is 12.8 Å². The molecule has 1 aromatic carbocycles. The molecule has 0 bridgehead atoms. The maximum atomic E-state index is 11.5. The summed E-state index contributed by atoms with van der Waals surface area (Å²) in [6.45, 7) is 0.179. The summed E-state index contributed by atoms with van der Waals surface area (Å²) < 4.78 is 9.93. The monoisotopic (exact) mass is 222 g/mol. The molecule has 0 saturated carbocycles. The second-order valence-electron chi connectivity index (χ2n) is 3.20. The minimum atomic E-state index is -0.0367. The number of hydrogen-bond acceptors (Lipinski definition) is 4. The molecule has 4 heteroatoms. The van der Waals surface area contributed by atoms with E-state index < -0.39 is 0 Å². The van der Waals surface area contributed by atoms with Gasteiger partial charge in [0.25, 0.3) is 0 Å². The van der Waals surface area contributed by atoms with E-state index in [4.69, 9.17) is 9.47 Å². The van der Waals surface area contributed by atoms with Gasteiger partial charge in [0.15, 0.2) is 12.6 Å². The molecule has 16 heavy (non-hydrogen) atoms. The number of carbonyl (C=O) groups is 2. The van der Waals surface area contributed by atoms with Crippen LogP contribution in [0.3, 0.4) is 0 Å². The molecule has 0 N–H and O–H groups in total. The molecule has 0 aromatic heterocycles. The van der Waals surface area contributed by atoms with Gasteiger partial charge < -0.3 is 14.3 Å². The van der Waals surface area contributed by atoms with Crippen LogP contribution >= 0.6 is 0 Å². The predicted molar refractivity (Wildman–Crippen MR) is 58.6 cm³/mol. The van der Waals surface area contributed by atoms with Gasteiger partial charge in [0, 0.05) is 25.5 Å². The molecule has 0 unspecified atom stereocenters. The predicted octanol–water partition coefficient (Wildman–Crippen LogP) is 1.83. The van der Waals surface area contributed by atoms with Gasteiger partial charge in [-0.25, -0.2) is 0 Å². The Hall–Kier alpha value is -1.68. The topological polar surface area (TPSA) is 52.6 Å². The Morgan fingerprint density at radius 3 is 2.56 bits per heavy atom. The fourth-order valence-corrected chi connectivity index (χ4v) is 1.20. The van der Waals surface area contributed by atoms with Crippen LogP contribution in [0.25, 0.3) is 0 Å². The van der Waals surface area contributed by atoms with Gasteiger partial charge in [0.05, 0.1) is 0 Å². The lowest BCUT2D eigenvalue weighted by Gasteiger charge is -2.05. The first kappa shape index (κ1) is 12.4. The van der Waals surface area contributed by atoms with Crippen molar-refractivity contribution in [1.82, 2.24) is 0 Å². The third-order valence-corrected chi connectivity index (χ3v) is 2.01. The van der Waals surface area contributed by atoms with Crippen LogP contribution in [0.2, 0.25) is 0 Å². The average molecular weight is 222 g/mol. The van der Waals surface area contributed by atoms with Crippen LogP contribution in [0, 0.1) is 0 Å². The van der Waals surface area contributed by atoms with E-state index in [1.807, 2.05) is 0 Å². The zero-order chi connectivity index (χ0) is 11.8. The molecular weight excluding hydrogens is 208 g/mol. The summed E-state index contributed by atoms with van der Waals surface area (Å²) in [5, 5.41) is 0. The van der Waals surface area contributed by atoms with Crippen molar-refractivity contribution in [2.24, 2.45) is 0 Å². The lowest BCUT2D eigenvalue weighted by molar-refractivity contribution is -0.107. The highest BCUT2D eigenvalue weighted by Gasteiger charge is 2.05. The van der Waals surface area contributed by atoms with Crippen LogP contribution < -0.4 is 4.74 Å². The highest BCUT2D eigenvalue weighted by Crippen LogP contribution is 2.13. The van der Waals surface area contributed by atoms with E-state index in [0.717, 1.165) is 6.29 Å². The molecule has 86 valence electrons. The Kier molecular flexibility index (Phi) is 5.22. The molecule has 0 amide bonds. The van der Waals surface area contributed by atoms with Gasteiger partial charge in [-0.05, 0) is 24.3 Å². The quantitative estimate of drug-likeness (QED) is 0.401. The van der Waals surface area contributed by atoms with E-state index >= 15 is 0 Å². The molecule has 0 heterocycles. The van der Waals surface area contributed by atoms with Crippen molar-refractivity contribution < 1.29 is 19.1 Å². The van der Waals surface area contributed by atoms with E-state index in [9.17, 15) is 9.59 Å². The molecule has 0 saturated heterocycles. The molecule has 1 rings (SSSR count). The van der Waals surface area contributed by atoms with Crippen LogP contribution in [-0.4, -0.2) is 26.0 Å². The molecule has 0 aliphatic heterocycles. The first-order valence-corrected chi connectivity index (χ1v) is 4.96. The Bertz CT molecular complexity index is 343. The maximum Gasteiger partial charge on any atom is 0.188 e. The Labute approximate surface area is 94.2 Å². The third kappa shape index (κ3) is 3.82. The summed E-state index contributed by atoms with van der Waals surface area (Å²) in [6.07, 6.45) is 1.26. The first-order chi connectivity index (χ1) is 7.77. The van der Waals surface area contributed by atoms with E-state index in [2.05, 4.69) is 0 Å². The average Bonchev–Trinajstić information content (AvgIpc) is 2.34. The van der Waals surface area contributed by atoms with E-state index in [1.54, 1.807) is 24.3 Å². The number of methoxy groups -OCH3 is 1. The van der Waals surface area contributed by atoms with Crippen LogP contribution in [0.5, 0.6) is 5.75 Å². The van der Waals surface area contributed by atoms with Crippen LogP contribution in [0.15, 0.2) is 24.3 Å². The Morgan fingerprint density at radius 2 is 2.00 bits per heavy atom. The fourth-order valence-electron chi connectivity index (χ4n) is 1.20. The molecular formula is C12H14O4. The lowest BCUT2D eigenvalue weighted by atomic mass is 10.1. The molecule has 4 nitrogen and oxygen atoms in total. The Balaban J connectivity index is 2.56. The number of hydrogen-bond donors (Lipinski definition) is 0. The smallest absolute Gasteiger partial charge is 0.188 e. The number of aldehydes is 1. The normalized spacial score (nSPS) is 9.81. The number of carbonyl (C=O) groups excluding carboxylic acids is 2. The van der Waals surface area contributed by atoms with Crippen molar-refractivity contribution in [1.29, 1.82) is 0 Å². The zero-order valence-electron chi connectivity index (χ0n) is 9.14. The minimum absolute atomic E-state index is 0.0367. The third-order valence-electron chi connectivity index (χ3n) is 2.01. The first-order valence-electron chi connectivity index (χ1n) is 4.96. The van der Waals surface area contributed by atoms with E-state index in [-0.39, 0.29) is 25.4 Å². The van der Waals surface area contributed by atoms with E-state index in [1.165, 1.54) is 7.11 Å². The van der Waals surface area contributed by atoms with E-state index in [0.29, 0.717) is 11.3 Å². The summed E-state index contributed by atoms with van der Waals surface area (Å²) in [4.78, 5) is 21.6. The van der Waals surface area contributed by atoms with Crippen molar-refractivity contribution in [3.8, 4) is 5.75 Å². The van der Waals surface area contributed by atoms with Gasteiger partial charge in [-0.1, -0.05) is 0 Å². The number of benzene rings is 1. The standard InChI is InChI=1S/C12H14O4/c1-15-9-16-11-6-4-10(5-7-11)12(14)3-2-8-13/h4-8H,2-3,9H2,1H3. The molecule has 0 aliphatic carbocycles. The van der Waals surface area contributed by atoms with Gasteiger partial charge in [-0.3, -0.25) is 4.79 Å². The summed E-state index contributed by atoms with van der Waals surface area (Å²) in [5.41, 5.74) is 0.589. The molecule has 0 atom stereocenters. The van der Waals surface area contributed by atoms with Gasteiger partial charge in [0.1, 0.15) is 12.0 Å². The summed E-state index contributed by atoms with van der Waals surface area (Å²) in [6, 6.07) is 6.76. The maximum absolute atomic E-state index is 11.5. The highest BCUT2D eigenvalue weighted by molar-refractivity contribution is 5.96. The molecule has 0 fully saturated rings. The number of ether oxygens (including phenoxy) is 2. The second kappa shape index (κ2) is 6.74. The largest absolute Gasteiger partial charge is 0.468 e. The fraction of sp³-hybridized carbons (Fsp3) is 0.333. The second-order valence-corrected chi connectivity index (χ2v) is 3.20. The SMILES string of the molecule is COCOc1ccc(C(=O)CCC=O)cc1. The molecule has 1 aromatic rings. The van der Waals surface area contributed by atoms with Crippen molar-refractivity contribution in [3.05, 3.63) is 29.8 Å². The van der Waals surface area contributed by atoms with Gasteiger partial charge >= 0.3 is 0 Å². The van der Waals surface area contributed by atoms with Gasteiger partial charge in [0.2, 0.25) is 0 Å². The van der Waals surface area contributed by atoms with Gasteiger partial charge in [-0.2, -0.15) is 0 Å². The number of Topliss-reactive ketones (excluding diaryl/α,β-unsaturated/α-hetero) is 1. The van der Waals surface area contributed by atoms with Crippen molar-refractivity contribution in [2.75, 3.05) is 13.9 Å². The lowest BCUT2D eigenvalue weighted by Crippen LogP contribution is -2.01. The van der Waals surface area contributed by atoms with Gasteiger partial charge in [-0.15, -0.1) is 0 Å². The van der Waals surface area contributed by atoms with Crippen LogP contribution in [0.1, 0.15) is 23.2 Å². The summed E-state index contributed by atoms with van der Waals surface area (Å²) in [7, 11) is 1.54. The van der Waals surface area contributed by atoms with Crippen molar-refractivity contribution >= 4 is 12.1 Å². The zero-order valence-corrected chi connectivity index (χ0v) is 9.14. The van der Waals surface area contributed by atoms with Crippen LogP contribution in [-0.2, 0) is 9.53 Å². The number of rotatable bonds is 7.